The van der Waals surface area contributed by atoms with Crippen LogP contribution < -0.4 is 11.5 Å². The molecule has 0 radical (unpaired) electrons. The molecular weight excluding hydrogens is 530 g/mol. The molecule has 10 nitrogen and oxygen atoms in total. The first kappa shape index (κ1) is 28.8. The van der Waals surface area contributed by atoms with E-state index in [1.54, 1.807) is 39.8 Å². The third-order valence-electron chi connectivity index (χ3n) is 5.95. The normalized spacial score (nSPS) is 16.3. The van der Waals surface area contributed by atoms with Crippen LogP contribution in [0, 0.1) is 13.8 Å². The molecule has 0 spiro atoms. The quantitative estimate of drug-likeness (QED) is 0.318. The van der Waals surface area contributed by atoms with Gasteiger partial charge in [-0.2, -0.15) is 4.99 Å². The Morgan fingerprint density at radius 1 is 0.763 bits per heavy atom. The molecule has 0 bridgehead atoms. The van der Waals surface area contributed by atoms with Gasteiger partial charge in [0.15, 0.2) is 25.6 Å². The summed E-state index contributed by atoms with van der Waals surface area (Å²) >= 11 is 0. The van der Waals surface area contributed by atoms with Gasteiger partial charge in [0.25, 0.3) is 5.91 Å². The number of amides is 1. The number of carbonyl (C=O) groups is 2. The number of ether oxygens (including phenoxy) is 1. The van der Waals surface area contributed by atoms with Gasteiger partial charge in [-0.05, 0) is 74.9 Å². The van der Waals surface area contributed by atoms with Crippen LogP contribution in [0.1, 0.15) is 56.8 Å². The summed E-state index contributed by atoms with van der Waals surface area (Å²) < 4.78 is 52.9. The van der Waals surface area contributed by atoms with Crippen LogP contribution in [0.5, 0.6) is 0 Å². The van der Waals surface area contributed by atoms with E-state index in [-0.39, 0.29) is 21.3 Å². The summed E-state index contributed by atoms with van der Waals surface area (Å²) in [5, 5.41) is 2.48. The number of hydrogen-bond donors (Lipinski definition) is 2. The van der Waals surface area contributed by atoms with E-state index >= 15 is 0 Å². The average molecular weight is 560 g/mol. The molecular formula is C26H29N3O7S2. The largest absolute Gasteiger partial charge is 0.465 e. The lowest BCUT2D eigenvalue weighted by Gasteiger charge is -2.17. The zero-order valence-electron chi connectivity index (χ0n) is 21.7. The van der Waals surface area contributed by atoms with Crippen molar-refractivity contribution >= 4 is 37.5 Å². The second kappa shape index (κ2) is 10.5. The summed E-state index contributed by atoms with van der Waals surface area (Å²) in [4.78, 5) is 27.2. The SMILES string of the molecule is CC1=CS(=O)(=O)c2cc(C(=O)N=C(N)N)c(C)cc2C1.COC(=O)c1cc2c(cc1C)CC(C)=CS2(=O)=O. The Hall–Kier alpha value is -3.77. The Morgan fingerprint density at radius 2 is 1.18 bits per heavy atom. The van der Waals surface area contributed by atoms with E-state index in [0.29, 0.717) is 29.5 Å². The van der Waals surface area contributed by atoms with Gasteiger partial charge in [-0.15, -0.1) is 0 Å². The molecule has 202 valence electrons. The second-order valence-electron chi connectivity index (χ2n) is 9.26. The highest BCUT2D eigenvalue weighted by molar-refractivity contribution is 7.94. The highest BCUT2D eigenvalue weighted by Gasteiger charge is 2.26. The summed E-state index contributed by atoms with van der Waals surface area (Å²) in [6, 6.07) is 6.20. The molecule has 2 aliphatic rings. The molecule has 0 atom stereocenters. The van der Waals surface area contributed by atoms with Crippen molar-refractivity contribution in [2.45, 2.75) is 50.3 Å². The third kappa shape index (κ3) is 6.03. The predicted molar refractivity (Wildman–Crippen MR) is 143 cm³/mol. The highest BCUT2D eigenvalue weighted by Crippen LogP contribution is 2.31. The number of sulfone groups is 2. The van der Waals surface area contributed by atoms with E-state index in [2.05, 4.69) is 9.73 Å². The number of nitrogens with zero attached hydrogens (tertiary/aromatic N) is 1. The van der Waals surface area contributed by atoms with Crippen molar-refractivity contribution in [1.29, 1.82) is 0 Å². The average Bonchev–Trinajstić information content (AvgIpc) is 2.76. The molecule has 2 aliphatic heterocycles. The van der Waals surface area contributed by atoms with Crippen LogP contribution in [0.3, 0.4) is 0 Å². The zero-order valence-corrected chi connectivity index (χ0v) is 23.3. The maximum absolute atomic E-state index is 12.1. The van der Waals surface area contributed by atoms with Crippen molar-refractivity contribution < 1.29 is 31.2 Å². The van der Waals surface area contributed by atoms with Gasteiger partial charge in [0.1, 0.15) is 0 Å². The number of allylic oxidation sites excluding steroid dienone is 2. The molecule has 38 heavy (non-hydrogen) atoms. The molecule has 0 aromatic heterocycles. The number of nitrogens with two attached hydrogens (primary N) is 2. The van der Waals surface area contributed by atoms with Crippen molar-refractivity contribution in [2.24, 2.45) is 16.5 Å². The van der Waals surface area contributed by atoms with Crippen molar-refractivity contribution in [3.8, 4) is 0 Å². The maximum atomic E-state index is 12.1. The van der Waals surface area contributed by atoms with E-state index < -0.39 is 31.6 Å². The topological polar surface area (TPSA) is 176 Å². The van der Waals surface area contributed by atoms with Crippen LogP contribution in [0.4, 0.5) is 0 Å². The number of benzene rings is 2. The lowest BCUT2D eigenvalue weighted by molar-refractivity contribution is 0.0599. The van der Waals surface area contributed by atoms with Crippen LogP contribution in [0.2, 0.25) is 0 Å². The number of aliphatic imine (C=N–C) groups is 1. The van der Waals surface area contributed by atoms with E-state index in [1.165, 1.54) is 30.1 Å². The first-order chi connectivity index (χ1) is 17.6. The molecule has 4 rings (SSSR count). The number of hydrogen-bond acceptors (Lipinski definition) is 7. The zero-order chi connectivity index (χ0) is 28.6. The Bertz CT molecular complexity index is 1660. The summed E-state index contributed by atoms with van der Waals surface area (Å²) in [5.74, 6) is -1.52. The fraction of sp³-hybridized carbons (Fsp3) is 0.269. The van der Waals surface area contributed by atoms with Crippen LogP contribution in [0.25, 0.3) is 0 Å². The Labute approximate surface area is 221 Å². The number of esters is 1. The molecule has 0 unspecified atom stereocenters. The standard InChI is InChI=1S/C13H15N3O3S.C13H14O4S/c1-7-3-9-4-8(2)10(12(17)16-13(14)15)5-11(9)20(18,19)6-7;1-8-4-10-5-9(2)11(13(14)17-3)6-12(10)18(15,16)7-8/h4-6H,3H2,1-2H3,(H4,14,15,16,17);5-7H,4H2,1-3H3. The number of fused-ring (bicyclic) bond motifs is 2. The molecule has 0 saturated carbocycles. The molecule has 12 heteroatoms. The van der Waals surface area contributed by atoms with Gasteiger partial charge < -0.3 is 16.2 Å². The first-order valence-corrected chi connectivity index (χ1v) is 14.5. The van der Waals surface area contributed by atoms with Gasteiger partial charge in [-0.1, -0.05) is 23.3 Å². The van der Waals surface area contributed by atoms with E-state index in [4.69, 9.17) is 11.5 Å². The first-order valence-electron chi connectivity index (χ1n) is 11.4. The fourth-order valence-electron chi connectivity index (χ4n) is 4.38. The predicted octanol–water partition coefficient (Wildman–Crippen LogP) is 2.66. The van der Waals surface area contributed by atoms with Crippen LogP contribution in [0.15, 0.2) is 61.0 Å². The summed E-state index contributed by atoms with van der Waals surface area (Å²) in [6.45, 7) is 7.03. The van der Waals surface area contributed by atoms with Gasteiger partial charge in [-0.3, -0.25) is 4.79 Å². The molecule has 2 aromatic carbocycles. The minimum absolute atomic E-state index is 0.142. The second-order valence-corrected chi connectivity index (χ2v) is 12.8. The Balaban J connectivity index is 0.000000212. The van der Waals surface area contributed by atoms with Gasteiger partial charge in [-0.25, -0.2) is 21.6 Å². The smallest absolute Gasteiger partial charge is 0.338 e. The fourth-order valence-corrected chi connectivity index (χ4v) is 7.42. The van der Waals surface area contributed by atoms with Gasteiger partial charge in [0.2, 0.25) is 0 Å². The van der Waals surface area contributed by atoms with Crippen LogP contribution in [-0.2, 0) is 37.3 Å². The lowest BCUT2D eigenvalue weighted by atomic mass is 10.00. The van der Waals surface area contributed by atoms with Gasteiger partial charge >= 0.3 is 5.97 Å². The number of carbonyl (C=O) groups excluding carboxylic acids is 2. The van der Waals surface area contributed by atoms with E-state index in [1.807, 2.05) is 0 Å². The van der Waals surface area contributed by atoms with Crippen LogP contribution >= 0.6 is 0 Å². The molecule has 2 heterocycles. The number of rotatable bonds is 2. The molecule has 1 amide bonds. The van der Waals surface area contributed by atoms with E-state index in [0.717, 1.165) is 22.3 Å². The molecule has 2 aromatic rings. The monoisotopic (exact) mass is 559 g/mol. The van der Waals surface area contributed by atoms with Crippen molar-refractivity contribution in [3.63, 3.8) is 0 Å². The van der Waals surface area contributed by atoms with Crippen molar-refractivity contribution in [2.75, 3.05) is 7.11 Å². The highest BCUT2D eigenvalue weighted by atomic mass is 32.2. The van der Waals surface area contributed by atoms with Gasteiger partial charge in [0, 0.05) is 16.4 Å². The molecule has 0 saturated heterocycles. The van der Waals surface area contributed by atoms with Gasteiger partial charge in [0.05, 0.1) is 22.5 Å². The maximum Gasteiger partial charge on any atom is 0.338 e. The molecule has 0 aliphatic carbocycles. The summed E-state index contributed by atoms with van der Waals surface area (Å²) in [5.41, 5.74) is 15.2. The molecule has 4 N–H and O–H groups in total. The molecule has 0 fully saturated rings. The van der Waals surface area contributed by atoms with Crippen molar-refractivity contribution in [3.05, 3.63) is 79.6 Å². The summed E-state index contributed by atoms with van der Waals surface area (Å²) in [7, 11) is -5.68. The van der Waals surface area contributed by atoms with Crippen molar-refractivity contribution in [1.82, 2.24) is 0 Å². The lowest BCUT2D eigenvalue weighted by Crippen LogP contribution is -2.24. The number of guanidine groups is 1. The summed E-state index contributed by atoms with van der Waals surface area (Å²) in [6.07, 6.45) is 1.14. The number of methoxy groups -OCH3 is 1. The van der Waals surface area contributed by atoms with E-state index in [9.17, 15) is 26.4 Å². The minimum Gasteiger partial charge on any atom is -0.465 e. The van der Waals surface area contributed by atoms with Crippen LogP contribution in [-0.4, -0.2) is 41.8 Å². The number of aryl methyl sites for hydroxylation is 2. The Kier molecular flexibility index (Phi) is 7.99. The minimum atomic E-state index is -3.52. The third-order valence-corrected chi connectivity index (χ3v) is 9.36. The Morgan fingerprint density at radius 3 is 1.61 bits per heavy atom.